The van der Waals surface area contributed by atoms with Crippen molar-refractivity contribution in [2.75, 3.05) is 12.8 Å². The number of nitrogen functional groups attached to an aromatic ring is 1. The second kappa shape index (κ2) is 6.88. The highest BCUT2D eigenvalue weighted by Crippen LogP contribution is 2.44. The van der Waals surface area contributed by atoms with Crippen molar-refractivity contribution in [3.05, 3.63) is 82.3 Å². The quantitative estimate of drug-likeness (QED) is 0.684. The number of allylic oxidation sites excluding steroid dienone is 2. The van der Waals surface area contributed by atoms with Crippen molar-refractivity contribution in [3.63, 3.8) is 0 Å². The average Bonchev–Trinajstić information content (AvgIpc) is 2.65. The van der Waals surface area contributed by atoms with Gasteiger partial charge in [-0.3, -0.25) is 9.36 Å². The molecule has 2 aromatic carbocycles. The molecule has 6 heteroatoms. The lowest BCUT2D eigenvalue weighted by molar-refractivity contribution is 0.374. The average molecular weight is 375 g/mol. The number of methoxy groups -OCH3 is 1. The van der Waals surface area contributed by atoms with Gasteiger partial charge in [-0.2, -0.15) is 0 Å². The van der Waals surface area contributed by atoms with E-state index < -0.39 is 0 Å². The van der Waals surface area contributed by atoms with Crippen LogP contribution in [0.4, 0.5) is 5.95 Å². The SMILES string of the molecule is COc1cccc(-c2cccc(C3C=CC3c3cc(=O)n(C)c(N)n3)c2)c1O. The molecule has 28 heavy (non-hydrogen) atoms. The highest BCUT2D eigenvalue weighted by Gasteiger charge is 2.29. The third-order valence-corrected chi connectivity index (χ3v) is 5.24. The van der Waals surface area contributed by atoms with E-state index in [-0.39, 0.29) is 29.1 Å². The molecule has 1 aliphatic rings. The first-order chi connectivity index (χ1) is 13.5. The van der Waals surface area contributed by atoms with E-state index >= 15 is 0 Å². The Morgan fingerprint density at radius 3 is 2.54 bits per heavy atom. The number of phenols is 1. The van der Waals surface area contributed by atoms with Crippen LogP contribution in [0.3, 0.4) is 0 Å². The molecule has 0 aliphatic heterocycles. The molecule has 0 spiro atoms. The van der Waals surface area contributed by atoms with Gasteiger partial charge >= 0.3 is 0 Å². The third kappa shape index (κ3) is 2.93. The first-order valence-corrected chi connectivity index (χ1v) is 8.97. The summed E-state index contributed by atoms with van der Waals surface area (Å²) < 4.78 is 6.54. The number of nitrogens with zero attached hydrogens (tertiary/aromatic N) is 2. The van der Waals surface area contributed by atoms with Gasteiger partial charge in [0.15, 0.2) is 11.5 Å². The number of benzene rings is 2. The van der Waals surface area contributed by atoms with Crippen LogP contribution in [0, 0.1) is 0 Å². The number of phenolic OH excluding ortho intramolecular Hbond substituents is 1. The molecular weight excluding hydrogens is 354 g/mol. The van der Waals surface area contributed by atoms with E-state index in [0.29, 0.717) is 17.0 Å². The second-order valence-corrected chi connectivity index (χ2v) is 6.85. The molecule has 0 saturated heterocycles. The van der Waals surface area contributed by atoms with Crippen LogP contribution < -0.4 is 16.0 Å². The minimum atomic E-state index is -0.170. The largest absolute Gasteiger partial charge is 0.504 e. The van der Waals surface area contributed by atoms with E-state index in [1.165, 1.54) is 17.7 Å². The summed E-state index contributed by atoms with van der Waals surface area (Å²) in [4.78, 5) is 16.4. The van der Waals surface area contributed by atoms with E-state index in [2.05, 4.69) is 11.1 Å². The zero-order valence-electron chi connectivity index (χ0n) is 15.7. The lowest BCUT2D eigenvalue weighted by Gasteiger charge is -2.30. The molecule has 3 aromatic rings. The summed E-state index contributed by atoms with van der Waals surface area (Å²) in [5, 5.41) is 10.5. The van der Waals surface area contributed by atoms with E-state index in [0.717, 1.165) is 11.1 Å². The maximum atomic E-state index is 12.1. The number of aromatic hydroxyl groups is 1. The minimum absolute atomic E-state index is 0.00893. The van der Waals surface area contributed by atoms with E-state index in [1.54, 1.807) is 13.1 Å². The molecule has 0 radical (unpaired) electrons. The molecule has 0 saturated carbocycles. The molecule has 1 heterocycles. The number of nitrogens with two attached hydrogens (primary N) is 1. The Balaban J connectivity index is 1.69. The van der Waals surface area contributed by atoms with E-state index in [1.807, 2.05) is 42.5 Å². The first-order valence-electron chi connectivity index (χ1n) is 8.97. The van der Waals surface area contributed by atoms with Gasteiger partial charge in [0.05, 0.1) is 12.8 Å². The Hall–Kier alpha value is -3.54. The molecule has 142 valence electrons. The van der Waals surface area contributed by atoms with Gasteiger partial charge in [-0.05, 0) is 17.2 Å². The number of hydrogen-bond donors (Lipinski definition) is 2. The smallest absolute Gasteiger partial charge is 0.254 e. The molecule has 3 N–H and O–H groups in total. The molecule has 4 rings (SSSR count). The predicted octanol–water partition coefficient (Wildman–Crippen LogP) is 3.18. The summed E-state index contributed by atoms with van der Waals surface area (Å²) >= 11 is 0. The Morgan fingerprint density at radius 1 is 1.11 bits per heavy atom. The normalized spacial score (nSPS) is 17.9. The molecule has 1 aliphatic carbocycles. The summed E-state index contributed by atoms with van der Waals surface area (Å²) in [5.41, 5.74) is 9.03. The fourth-order valence-corrected chi connectivity index (χ4v) is 3.51. The van der Waals surface area contributed by atoms with Gasteiger partial charge in [0.1, 0.15) is 0 Å². The van der Waals surface area contributed by atoms with Crippen molar-refractivity contribution in [2.24, 2.45) is 7.05 Å². The van der Waals surface area contributed by atoms with Gasteiger partial charge < -0.3 is 15.6 Å². The van der Waals surface area contributed by atoms with Crippen LogP contribution in [0.15, 0.2) is 65.5 Å². The fraction of sp³-hybridized carbons (Fsp3) is 0.182. The van der Waals surface area contributed by atoms with Crippen molar-refractivity contribution >= 4 is 5.95 Å². The maximum Gasteiger partial charge on any atom is 0.254 e. The minimum Gasteiger partial charge on any atom is -0.504 e. The molecule has 0 amide bonds. The lowest BCUT2D eigenvalue weighted by Crippen LogP contribution is -2.25. The second-order valence-electron chi connectivity index (χ2n) is 6.85. The maximum absolute atomic E-state index is 12.1. The lowest BCUT2D eigenvalue weighted by atomic mass is 9.75. The van der Waals surface area contributed by atoms with Gasteiger partial charge in [0, 0.05) is 30.5 Å². The summed E-state index contributed by atoms with van der Waals surface area (Å²) in [5.74, 6) is 0.835. The highest BCUT2D eigenvalue weighted by atomic mass is 16.5. The van der Waals surface area contributed by atoms with Crippen molar-refractivity contribution in [1.29, 1.82) is 0 Å². The van der Waals surface area contributed by atoms with Gasteiger partial charge in [-0.25, -0.2) is 4.98 Å². The van der Waals surface area contributed by atoms with Crippen molar-refractivity contribution in [1.82, 2.24) is 9.55 Å². The monoisotopic (exact) mass is 375 g/mol. The summed E-state index contributed by atoms with van der Waals surface area (Å²) in [6, 6.07) is 14.9. The predicted molar refractivity (Wildman–Crippen MR) is 109 cm³/mol. The zero-order valence-corrected chi connectivity index (χ0v) is 15.7. The molecule has 2 atom stereocenters. The van der Waals surface area contributed by atoms with Crippen molar-refractivity contribution < 1.29 is 9.84 Å². The van der Waals surface area contributed by atoms with Gasteiger partial charge in [-0.1, -0.05) is 48.6 Å². The highest BCUT2D eigenvalue weighted by molar-refractivity contribution is 5.74. The van der Waals surface area contributed by atoms with Crippen molar-refractivity contribution in [2.45, 2.75) is 11.8 Å². The summed E-state index contributed by atoms with van der Waals surface area (Å²) in [6.07, 6.45) is 4.12. The molecule has 0 fully saturated rings. The van der Waals surface area contributed by atoms with Crippen LogP contribution in [-0.2, 0) is 7.05 Å². The number of aromatic nitrogens is 2. The van der Waals surface area contributed by atoms with Crippen LogP contribution in [-0.4, -0.2) is 21.8 Å². The number of hydrogen-bond acceptors (Lipinski definition) is 5. The Kier molecular flexibility index (Phi) is 4.39. The topological polar surface area (TPSA) is 90.4 Å². The molecule has 6 nitrogen and oxygen atoms in total. The summed E-state index contributed by atoms with van der Waals surface area (Å²) in [7, 11) is 3.13. The molecule has 1 aromatic heterocycles. The van der Waals surface area contributed by atoms with Crippen LogP contribution >= 0.6 is 0 Å². The number of ether oxygens (including phenoxy) is 1. The first kappa shape index (κ1) is 17.9. The molecular formula is C22H21N3O3. The van der Waals surface area contributed by atoms with Gasteiger partial charge in [-0.15, -0.1) is 0 Å². The molecule has 0 bridgehead atoms. The standard InChI is InChI=1S/C22H21N3O3/c1-25-20(26)12-18(24-22(25)23)17-10-9-15(17)13-5-3-6-14(11-13)16-7-4-8-19(28-2)21(16)27/h3-12,15,17,27H,1-2H3,(H2,23,24). The van der Waals surface area contributed by atoms with Crippen molar-refractivity contribution in [3.8, 4) is 22.6 Å². The Morgan fingerprint density at radius 2 is 1.86 bits per heavy atom. The Bertz CT molecular complexity index is 1130. The zero-order chi connectivity index (χ0) is 19.8. The van der Waals surface area contributed by atoms with Crippen LogP contribution in [0.5, 0.6) is 11.5 Å². The fourth-order valence-electron chi connectivity index (χ4n) is 3.51. The Labute approximate surface area is 162 Å². The van der Waals surface area contributed by atoms with E-state index in [4.69, 9.17) is 10.5 Å². The number of para-hydroxylation sites is 1. The number of anilines is 1. The van der Waals surface area contributed by atoms with E-state index in [9.17, 15) is 9.90 Å². The van der Waals surface area contributed by atoms with Gasteiger partial charge in [0.25, 0.3) is 5.56 Å². The van der Waals surface area contributed by atoms with Crippen LogP contribution in [0.1, 0.15) is 23.1 Å². The van der Waals surface area contributed by atoms with Gasteiger partial charge in [0.2, 0.25) is 5.95 Å². The summed E-state index contributed by atoms with van der Waals surface area (Å²) in [6.45, 7) is 0. The third-order valence-electron chi connectivity index (χ3n) is 5.24. The van der Waals surface area contributed by atoms with Crippen LogP contribution in [0.25, 0.3) is 11.1 Å². The van der Waals surface area contributed by atoms with Crippen LogP contribution in [0.2, 0.25) is 0 Å². The molecule has 2 unspecified atom stereocenters. The number of rotatable bonds is 4.